The van der Waals surface area contributed by atoms with Crippen molar-refractivity contribution in [1.29, 1.82) is 0 Å². The Morgan fingerprint density at radius 3 is 2.45 bits per heavy atom. The molecule has 1 heterocycles. The van der Waals surface area contributed by atoms with Crippen LogP contribution in [-0.4, -0.2) is 12.6 Å². The Morgan fingerprint density at radius 1 is 1.10 bits per heavy atom. The highest BCUT2D eigenvalue weighted by atomic mass is 32.1. The normalized spacial score (nSPS) is 10.7. The molecule has 0 fully saturated rings. The molecule has 0 bridgehead atoms. The first-order chi connectivity index (χ1) is 9.83. The van der Waals surface area contributed by atoms with Crippen LogP contribution < -0.4 is 0 Å². The predicted octanol–water partition coefficient (Wildman–Crippen LogP) is 5.36. The van der Waals surface area contributed by atoms with Gasteiger partial charge in [-0.25, -0.2) is 0 Å². The van der Waals surface area contributed by atoms with Crippen molar-refractivity contribution in [3.63, 3.8) is 0 Å². The van der Waals surface area contributed by atoms with Gasteiger partial charge in [-0.1, -0.05) is 57.9 Å². The van der Waals surface area contributed by atoms with Crippen molar-refractivity contribution in [2.24, 2.45) is 0 Å². The number of carbonyl (C=O) groups excluding carboxylic acids is 1. The lowest BCUT2D eigenvalue weighted by Gasteiger charge is -2.04. The van der Waals surface area contributed by atoms with Gasteiger partial charge in [0, 0.05) is 17.7 Å². The van der Waals surface area contributed by atoms with Crippen molar-refractivity contribution in [2.45, 2.75) is 71.1 Å². The van der Waals surface area contributed by atoms with Gasteiger partial charge in [-0.3, -0.25) is 4.79 Å². The van der Waals surface area contributed by atoms with Crippen LogP contribution in [0.4, 0.5) is 0 Å². The van der Waals surface area contributed by atoms with E-state index in [1.54, 1.807) is 11.3 Å². The van der Waals surface area contributed by atoms with E-state index in [2.05, 4.69) is 18.4 Å². The summed E-state index contributed by atoms with van der Waals surface area (Å²) in [6.07, 6.45) is 11.5. The standard InChI is InChI=1S/C17H28O2S/c1-2-3-4-5-6-7-8-9-12-17(18)19-14-13-16-11-10-15-20-16/h10-11,15H,2-9,12-14H2,1H3. The molecular weight excluding hydrogens is 268 g/mol. The van der Waals surface area contributed by atoms with Crippen molar-refractivity contribution in [3.8, 4) is 0 Å². The minimum atomic E-state index is -0.0347. The summed E-state index contributed by atoms with van der Waals surface area (Å²) in [7, 11) is 0. The van der Waals surface area contributed by atoms with Crippen LogP contribution in [0.1, 0.15) is 69.6 Å². The van der Waals surface area contributed by atoms with Crippen molar-refractivity contribution < 1.29 is 9.53 Å². The first kappa shape index (κ1) is 17.2. The van der Waals surface area contributed by atoms with E-state index in [0.717, 1.165) is 19.3 Å². The van der Waals surface area contributed by atoms with Crippen molar-refractivity contribution in [3.05, 3.63) is 22.4 Å². The lowest BCUT2D eigenvalue weighted by Crippen LogP contribution is -2.06. The molecule has 0 saturated heterocycles. The molecule has 0 saturated carbocycles. The van der Waals surface area contributed by atoms with Crippen molar-refractivity contribution in [1.82, 2.24) is 0 Å². The molecule has 0 radical (unpaired) electrons. The maximum atomic E-state index is 11.5. The van der Waals surface area contributed by atoms with Crippen LogP contribution in [0, 0.1) is 0 Å². The molecule has 1 aromatic rings. The topological polar surface area (TPSA) is 26.3 Å². The Balaban J connectivity index is 1.85. The summed E-state index contributed by atoms with van der Waals surface area (Å²) < 4.78 is 5.24. The summed E-state index contributed by atoms with van der Waals surface area (Å²) in [6.45, 7) is 2.76. The SMILES string of the molecule is CCCCCCCCCCC(=O)OCCc1cccs1. The fraction of sp³-hybridized carbons (Fsp3) is 0.706. The van der Waals surface area contributed by atoms with Crippen molar-refractivity contribution >= 4 is 17.3 Å². The predicted molar refractivity (Wildman–Crippen MR) is 86.2 cm³/mol. The van der Waals surface area contributed by atoms with Gasteiger partial charge in [-0.15, -0.1) is 11.3 Å². The second-order valence-corrected chi connectivity index (χ2v) is 6.31. The summed E-state index contributed by atoms with van der Waals surface area (Å²) in [5, 5.41) is 2.05. The van der Waals surface area contributed by atoms with Crippen LogP contribution >= 0.6 is 11.3 Å². The van der Waals surface area contributed by atoms with Gasteiger partial charge >= 0.3 is 5.97 Å². The minimum Gasteiger partial charge on any atom is -0.465 e. The number of thiophene rings is 1. The van der Waals surface area contributed by atoms with Gasteiger partial charge in [0.05, 0.1) is 6.61 Å². The zero-order valence-corrected chi connectivity index (χ0v) is 13.6. The fourth-order valence-electron chi connectivity index (χ4n) is 2.20. The second-order valence-electron chi connectivity index (χ2n) is 5.27. The third kappa shape index (κ3) is 9.13. The van der Waals surface area contributed by atoms with Crippen LogP contribution in [0.25, 0.3) is 0 Å². The maximum absolute atomic E-state index is 11.5. The van der Waals surface area contributed by atoms with Crippen LogP contribution in [-0.2, 0) is 16.0 Å². The Bertz CT molecular complexity index is 333. The average Bonchev–Trinajstić information content (AvgIpc) is 2.95. The smallest absolute Gasteiger partial charge is 0.305 e. The monoisotopic (exact) mass is 296 g/mol. The van der Waals surface area contributed by atoms with E-state index in [1.807, 2.05) is 6.07 Å². The van der Waals surface area contributed by atoms with E-state index in [1.165, 1.54) is 43.4 Å². The molecular formula is C17H28O2S. The summed E-state index contributed by atoms with van der Waals surface area (Å²) in [5.41, 5.74) is 0. The molecule has 0 aromatic carbocycles. The molecule has 2 nitrogen and oxygen atoms in total. The van der Waals surface area contributed by atoms with Gasteiger partial charge in [0.25, 0.3) is 0 Å². The molecule has 1 rings (SSSR count). The highest BCUT2D eigenvalue weighted by Crippen LogP contribution is 2.11. The first-order valence-corrected chi connectivity index (χ1v) is 8.89. The Kier molecular flexibility index (Phi) is 10.3. The van der Waals surface area contributed by atoms with Crippen LogP contribution in [0.15, 0.2) is 17.5 Å². The van der Waals surface area contributed by atoms with E-state index in [9.17, 15) is 4.79 Å². The first-order valence-electron chi connectivity index (χ1n) is 8.01. The largest absolute Gasteiger partial charge is 0.465 e. The van der Waals surface area contributed by atoms with Crippen LogP contribution in [0.5, 0.6) is 0 Å². The lowest BCUT2D eigenvalue weighted by atomic mass is 10.1. The van der Waals surface area contributed by atoms with E-state index >= 15 is 0 Å². The average molecular weight is 296 g/mol. The number of hydrogen-bond acceptors (Lipinski definition) is 3. The van der Waals surface area contributed by atoms with E-state index in [0.29, 0.717) is 13.0 Å². The molecule has 0 aliphatic heterocycles. The number of carbonyl (C=O) groups is 1. The molecule has 1 aromatic heterocycles. The number of unbranched alkanes of at least 4 members (excludes halogenated alkanes) is 7. The highest BCUT2D eigenvalue weighted by Gasteiger charge is 2.03. The number of ether oxygens (including phenoxy) is 1. The van der Waals surface area contributed by atoms with E-state index in [-0.39, 0.29) is 5.97 Å². The minimum absolute atomic E-state index is 0.0347. The molecule has 0 amide bonds. The summed E-state index contributed by atoms with van der Waals surface area (Å²) in [4.78, 5) is 12.8. The molecule has 3 heteroatoms. The number of rotatable bonds is 12. The molecule has 0 N–H and O–H groups in total. The van der Waals surface area contributed by atoms with Gasteiger partial charge in [0.2, 0.25) is 0 Å². The third-order valence-electron chi connectivity index (χ3n) is 3.43. The second kappa shape index (κ2) is 12.0. The van der Waals surface area contributed by atoms with Crippen LogP contribution in [0.2, 0.25) is 0 Å². The van der Waals surface area contributed by atoms with Gasteiger partial charge < -0.3 is 4.74 Å². The molecule has 114 valence electrons. The summed E-state index contributed by atoms with van der Waals surface area (Å²) in [6, 6.07) is 4.11. The number of hydrogen-bond donors (Lipinski definition) is 0. The Morgan fingerprint density at radius 2 is 1.80 bits per heavy atom. The third-order valence-corrected chi connectivity index (χ3v) is 4.36. The molecule has 0 unspecified atom stereocenters. The van der Waals surface area contributed by atoms with Gasteiger partial charge in [-0.2, -0.15) is 0 Å². The zero-order valence-electron chi connectivity index (χ0n) is 12.7. The zero-order chi connectivity index (χ0) is 14.5. The molecule has 0 aliphatic rings. The van der Waals surface area contributed by atoms with Crippen molar-refractivity contribution in [2.75, 3.05) is 6.61 Å². The maximum Gasteiger partial charge on any atom is 0.305 e. The summed E-state index contributed by atoms with van der Waals surface area (Å²) in [5.74, 6) is -0.0347. The van der Waals surface area contributed by atoms with Crippen LogP contribution in [0.3, 0.4) is 0 Å². The highest BCUT2D eigenvalue weighted by molar-refractivity contribution is 7.09. The van der Waals surface area contributed by atoms with Gasteiger partial charge in [0.1, 0.15) is 0 Å². The molecule has 20 heavy (non-hydrogen) atoms. The lowest BCUT2D eigenvalue weighted by molar-refractivity contribution is -0.143. The molecule has 0 atom stereocenters. The Hall–Kier alpha value is -0.830. The van der Waals surface area contributed by atoms with E-state index in [4.69, 9.17) is 4.74 Å². The van der Waals surface area contributed by atoms with E-state index < -0.39 is 0 Å². The Labute approximate surface area is 127 Å². The molecule has 0 aliphatic carbocycles. The fourth-order valence-corrected chi connectivity index (χ4v) is 2.89. The quantitative estimate of drug-likeness (QED) is 0.383. The van der Waals surface area contributed by atoms with Gasteiger partial charge in [0.15, 0.2) is 0 Å². The van der Waals surface area contributed by atoms with Gasteiger partial charge in [-0.05, 0) is 17.9 Å². The summed E-state index contributed by atoms with van der Waals surface area (Å²) >= 11 is 1.72. The number of esters is 1. The molecule has 0 spiro atoms.